The fraction of sp³-hybridized carbons (Fsp3) is 0.417. The van der Waals surface area contributed by atoms with Crippen LogP contribution in [0.25, 0.3) is 0 Å². The second-order valence-electron chi connectivity index (χ2n) is 4.01. The van der Waals surface area contributed by atoms with Crippen LogP contribution >= 0.6 is 0 Å². The van der Waals surface area contributed by atoms with Crippen molar-refractivity contribution in [2.24, 2.45) is 0 Å². The first kappa shape index (κ1) is 16.7. The number of carbonyl (C=O) groups excluding carboxylic acids is 2. The molecule has 0 fully saturated rings. The minimum absolute atomic E-state index is 0.0917. The Kier molecular flexibility index (Phi) is 5.12. The zero-order valence-corrected chi connectivity index (χ0v) is 11.3. The van der Waals surface area contributed by atoms with E-state index < -0.39 is 41.4 Å². The van der Waals surface area contributed by atoms with E-state index in [2.05, 4.69) is 4.74 Å². The second kappa shape index (κ2) is 6.42. The molecule has 1 aromatic heterocycles. The molecule has 0 bridgehead atoms. The van der Waals surface area contributed by atoms with Crippen molar-refractivity contribution in [1.82, 2.24) is 9.88 Å². The number of hydrogen-bond acceptors (Lipinski definition) is 4. The highest BCUT2D eigenvalue weighted by molar-refractivity contribution is 5.95. The van der Waals surface area contributed by atoms with Crippen LogP contribution in [0, 0.1) is 0 Å². The van der Waals surface area contributed by atoms with E-state index in [0.29, 0.717) is 6.07 Å². The van der Waals surface area contributed by atoms with E-state index in [-0.39, 0.29) is 6.54 Å². The Balaban J connectivity index is 3.07. The number of likely N-dealkylation sites (N-methyl/N-ethyl adjacent to an activating group) is 1. The molecular weight excluding hydrogens is 293 g/mol. The van der Waals surface area contributed by atoms with Gasteiger partial charge in [-0.15, -0.1) is 0 Å². The summed E-state index contributed by atoms with van der Waals surface area (Å²) in [4.78, 5) is 37.3. The quantitative estimate of drug-likeness (QED) is 0.843. The van der Waals surface area contributed by atoms with Gasteiger partial charge in [-0.2, -0.15) is 13.2 Å². The van der Waals surface area contributed by atoms with Crippen LogP contribution in [0.2, 0.25) is 0 Å². The molecule has 0 aromatic carbocycles. The summed E-state index contributed by atoms with van der Waals surface area (Å²) in [5, 5.41) is 0. The number of ether oxygens (including phenoxy) is 1. The van der Waals surface area contributed by atoms with Crippen molar-refractivity contribution in [3.63, 3.8) is 0 Å². The number of nitrogens with one attached hydrogen (secondary N) is 1. The van der Waals surface area contributed by atoms with E-state index in [1.165, 1.54) is 0 Å². The molecule has 1 N–H and O–H groups in total. The SMILES string of the molecule is CCN(CC(=O)OC)C(=O)c1ccc(C(F)(F)F)[nH]c1=O. The molecule has 0 aliphatic rings. The van der Waals surface area contributed by atoms with Crippen LogP contribution in [0.15, 0.2) is 16.9 Å². The van der Waals surface area contributed by atoms with Crippen molar-refractivity contribution >= 4 is 11.9 Å². The largest absolute Gasteiger partial charge is 0.468 e. The third-order valence-corrected chi connectivity index (χ3v) is 2.66. The van der Waals surface area contributed by atoms with Crippen molar-refractivity contribution in [2.45, 2.75) is 13.1 Å². The molecular formula is C12H13F3N2O4. The molecule has 1 aromatic rings. The highest BCUT2D eigenvalue weighted by Gasteiger charge is 2.32. The minimum atomic E-state index is -4.71. The predicted octanol–water partition coefficient (Wildman–Crippen LogP) is 1.03. The van der Waals surface area contributed by atoms with E-state index in [0.717, 1.165) is 18.1 Å². The molecule has 1 amide bonds. The summed E-state index contributed by atoms with van der Waals surface area (Å²) in [6.45, 7) is 1.25. The Bertz CT molecular complexity index is 595. The Morgan fingerprint density at radius 3 is 2.38 bits per heavy atom. The molecule has 0 atom stereocenters. The number of nitrogens with zero attached hydrogens (tertiary/aromatic N) is 1. The molecule has 0 radical (unpaired) electrons. The lowest BCUT2D eigenvalue weighted by molar-refractivity contribution is -0.142. The molecule has 0 saturated carbocycles. The van der Waals surface area contributed by atoms with Gasteiger partial charge in [-0.05, 0) is 19.1 Å². The minimum Gasteiger partial charge on any atom is -0.468 e. The van der Waals surface area contributed by atoms with Crippen LogP contribution in [0.4, 0.5) is 13.2 Å². The number of aromatic nitrogens is 1. The molecule has 9 heteroatoms. The maximum atomic E-state index is 12.4. The monoisotopic (exact) mass is 306 g/mol. The van der Waals surface area contributed by atoms with Crippen LogP contribution in [0.1, 0.15) is 23.0 Å². The molecule has 1 heterocycles. The molecule has 21 heavy (non-hydrogen) atoms. The van der Waals surface area contributed by atoms with Gasteiger partial charge in [-0.25, -0.2) is 0 Å². The third kappa shape index (κ3) is 4.07. The second-order valence-corrected chi connectivity index (χ2v) is 4.01. The number of halogens is 3. The third-order valence-electron chi connectivity index (χ3n) is 2.66. The Labute approximate surface area is 117 Å². The van der Waals surface area contributed by atoms with Gasteiger partial charge in [0.2, 0.25) is 0 Å². The van der Waals surface area contributed by atoms with Gasteiger partial charge in [0.1, 0.15) is 17.8 Å². The normalized spacial score (nSPS) is 11.1. The molecule has 0 unspecified atom stereocenters. The van der Waals surface area contributed by atoms with Crippen LogP contribution < -0.4 is 5.56 Å². The lowest BCUT2D eigenvalue weighted by atomic mass is 10.2. The van der Waals surface area contributed by atoms with Crippen LogP contribution in [-0.2, 0) is 15.7 Å². The molecule has 0 spiro atoms. The molecule has 0 aliphatic carbocycles. The first-order chi connectivity index (χ1) is 9.70. The summed E-state index contributed by atoms with van der Waals surface area (Å²) < 4.78 is 41.6. The van der Waals surface area contributed by atoms with Crippen molar-refractivity contribution in [2.75, 3.05) is 20.2 Å². The number of rotatable bonds is 4. The lowest BCUT2D eigenvalue weighted by Crippen LogP contribution is -2.38. The Morgan fingerprint density at radius 1 is 1.33 bits per heavy atom. The summed E-state index contributed by atoms with van der Waals surface area (Å²) in [6, 6.07) is 1.38. The van der Waals surface area contributed by atoms with E-state index in [1.807, 2.05) is 0 Å². The first-order valence-electron chi connectivity index (χ1n) is 5.87. The van der Waals surface area contributed by atoms with Crippen molar-refractivity contribution in [3.8, 4) is 0 Å². The van der Waals surface area contributed by atoms with Gasteiger partial charge in [0.15, 0.2) is 0 Å². The van der Waals surface area contributed by atoms with Gasteiger partial charge in [-0.3, -0.25) is 14.4 Å². The highest BCUT2D eigenvalue weighted by Crippen LogP contribution is 2.26. The molecule has 6 nitrogen and oxygen atoms in total. The Hall–Kier alpha value is -2.32. The zero-order chi connectivity index (χ0) is 16.2. The van der Waals surface area contributed by atoms with Gasteiger partial charge in [0, 0.05) is 6.54 Å². The molecule has 0 saturated heterocycles. The maximum absolute atomic E-state index is 12.4. The summed E-state index contributed by atoms with van der Waals surface area (Å²) in [7, 11) is 1.13. The zero-order valence-electron chi connectivity index (χ0n) is 11.3. The number of amides is 1. The van der Waals surface area contributed by atoms with Crippen molar-refractivity contribution < 1.29 is 27.5 Å². The summed E-state index contributed by atoms with van der Waals surface area (Å²) in [6.07, 6.45) is -4.71. The first-order valence-corrected chi connectivity index (χ1v) is 5.87. The van der Waals surface area contributed by atoms with Crippen molar-refractivity contribution in [3.05, 3.63) is 33.7 Å². The number of hydrogen-bond donors (Lipinski definition) is 1. The average molecular weight is 306 g/mol. The van der Waals surface area contributed by atoms with Crippen LogP contribution in [-0.4, -0.2) is 42.0 Å². The van der Waals surface area contributed by atoms with Gasteiger partial charge >= 0.3 is 12.1 Å². The number of alkyl halides is 3. The number of pyridine rings is 1. The van der Waals surface area contributed by atoms with E-state index in [4.69, 9.17) is 0 Å². The summed E-state index contributed by atoms with van der Waals surface area (Å²) in [5.74, 6) is -1.55. The van der Waals surface area contributed by atoms with Crippen LogP contribution in [0.3, 0.4) is 0 Å². The number of H-pyrrole nitrogens is 1. The van der Waals surface area contributed by atoms with Gasteiger partial charge < -0.3 is 14.6 Å². The molecule has 116 valence electrons. The maximum Gasteiger partial charge on any atom is 0.431 e. The number of methoxy groups -OCH3 is 1. The number of carbonyl (C=O) groups is 2. The van der Waals surface area contributed by atoms with Crippen molar-refractivity contribution in [1.29, 1.82) is 0 Å². The predicted molar refractivity (Wildman–Crippen MR) is 65.7 cm³/mol. The van der Waals surface area contributed by atoms with Gasteiger partial charge in [0.25, 0.3) is 11.5 Å². The summed E-state index contributed by atoms with van der Waals surface area (Å²) in [5.41, 5.74) is -2.90. The molecule has 1 rings (SSSR count). The fourth-order valence-electron chi connectivity index (χ4n) is 1.53. The van der Waals surface area contributed by atoms with Crippen LogP contribution in [0.5, 0.6) is 0 Å². The number of aromatic amines is 1. The standard InChI is InChI=1S/C12H13F3N2O4/c1-3-17(6-9(18)21-2)11(20)7-4-5-8(12(13,14)15)16-10(7)19/h4-5H,3,6H2,1-2H3,(H,16,19). The Morgan fingerprint density at radius 2 is 1.95 bits per heavy atom. The lowest BCUT2D eigenvalue weighted by Gasteiger charge is -2.19. The topological polar surface area (TPSA) is 79.5 Å². The smallest absolute Gasteiger partial charge is 0.431 e. The molecule has 0 aliphatic heterocycles. The van der Waals surface area contributed by atoms with E-state index >= 15 is 0 Å². The number of esters is 1. The average Bonchev–Trinajstić information content (AvgIpc) is 2.42. The fourth-order valence-corrected chi connectivity index (χ4v) is 1.53. The van der Waals surface area contributed by atoms with E-state index in [1.54, 1.807) is 11.9 Å². The van der Waals surface area contributed by atoms with Gasteiger partial charge in [0.05, 0.1) is 7.11 Å². The highest BCUT2D eigenvalue weighted by atomic mass is 19.4. The van der Waals surface area contributed by atoms with Gasteiger partial charge in [-0.1, -0.05) is 0 Å². The van der Waals surface area contributed by atoms with E-state index in [9.17, 15) is 27.6 Å². The summed E-state index contributed by atoms with van der Waals surface area (Å²) >= 11 is 0.